The summed E-state index contributed by atoms with van der Waals surface area (Å²) in [6.45, 7) is 5.80. The third-order valence-electron chi connectivity index (χ3n) is 2.61. The Morgan fingerprint density at radius 1 is 1.35 bits per heavy atom. The number of amides is 2. The van der Waals surface area contributed by atoms with E-state index in [1.54, 1.807) is 29.2 Å². The zero-order valence-electron chi connectivity index (χ0n) is 11.2. The fourth-order valence-electron chi connectivity index (χ4n) is 1.57. The molecule has 20 heavy (non-hydrogen) atoms. The molecule has 0 radical (unpaired) electrons. The van der Waals surface area contributed by atoms with Crippen molar-refractivity contribution in [2.75, 3.05) is 18.4 Å². The van der Waals surface area contributed by atoms with Gasteiger partial charge in [-0.3, -0.25) is 9.59 Å². The Bertz CT molecular complexity index is 518. The zero-order valence-corrected chi connectivity index (χ0v) is 12.7. The van der Waals surface area contributed by atoms with Crippen molar-refractivity contribution in [3.63, 3.8) is 0 Å². The second-order valence-electron chi connectivity index (χ2n) is 4.18. The number of anilines is 1. The van der Waals surface area contributed by atoms with Gasteiger partial charge in [-0.2, -0.15) is 0 Å². The van der Waals surface area contributed by atoms with Crippen LogP contribution in [0.5, 0.6) is 0 Å². The van der Waals surface area contributed by atoms with Gasteiger partial charge in [-0.1, -0.05) is 29.3 Å². The highest BCUT2D eigenvalue weighted by Gasteiger charge is 2.10. The van der Waals surface area contributed by atoms with Crippen molar-refractivity contribution in [3.8, 4) is 0 Å². The first-order valence-electron chi connectivity index (χ1n) is 6.05. The number of nitrogens with one attached hydrogen (secondary N) is 1. The minimum atomic E-state index is -0.196. The Morgan fingerprint density at radius 2 is 2.05 bits per heavy atom. The lowest BCUT2D eigenvalue weighted by atomic mass is 10.3. The number of nitrogens with zero attached hydrogens (tertiary/aromatic N) is 1. The summed E-state index contributed by atoms with van der Waals surface area (Å²) in [7, 11) is 0. The Kier molecular flexibility index (Phi) is 6.55. The molecule has 2 amide bonds. The topological polar surface area (TPSA) is 49.4 Å². The molecule has 108 valence electrons. The molecular formula is C14H16Cl2N2O2. The maximum Gasteiger partial charge on any atom is 0.226 e. The summed E-state index contributed by atoms with van der Waals surface area (Å²) in [5.74, 6) is -0.286. The molecule has 6 heteroatoms. The van der Waals surface area contributed by atoms with Crippen LogP contribution in [0.15, 0.2) is 30.9 Å². The minimum absolute atomic E-state index is 0.0905. The van der Waals surface area contributed by atoms with E-state index in [4.69, 9.17) is 23.2 Å². The first kappa shape index (κ1) is 16.5. The molecule has 0 fully saturated rings. The summed E-state index contributed by atoms with van der Waals surface area (Å²) in [6, 6.07) is 4.85. The summed E-state index contributed by atoms with van der Waals surface area (Å²) < 4.78 is 0. The van der Waals surface area contributed by atoms with Gasteiger partial charge in [0.25, 0.3) is 0 Å². The number of halogens is 2. The van der Waals surface area contributed by atoms with E-state index in [9.17, 15) is 9.59 Å². The van der Waals surface area contributed by atoms with Crippen molar-refractivity contribution in [1.82, 2.24) is 4.90 Å². The molecule has 1 rings (SSSR count). The molecule has 0 spiro atoms. The summed E-state index contributed by atoms with van der Waals surface area (Å²) >= 11 is 11.7. The average molecular weight is 315 g/mol. The summed E-state index contributed by atoms with van der Waals surface area (Å²) in [5, 5.41) is 3.51. The first-order valence-corrected chi connectivity index (χ1v) is 6.81. The number of hydrogen-bond acceptors (Lipinski definition) is 2. The van der Waals surface area contributed by atoms with Crippen LogP contribution in [0.25, 0.3) is 0 Å². The average Bonchev–Trinajstić information content (AvgIpc) is 2.38. The molecule has 0 bridgehead atoms. The Hall–Kier alpha value is -1.52. The molecule has 1 aromatic rings. The second kappa shape index (κ2) is 7.92. The molecule has 0 aromatic heterocycles. The molecule has 0 unspecified atom stereocenters. The zero-order chi connectivity index (χ0) is 15.1. The fourth-order valence-corrected chi connectivity index (χ4v) is 1.87. The van der Waals surface area contributed by atoms with Crippen LogP contribution in [0.4, 0.5) is 5.69 Å². The predicted octanol–water partition coefficient (Wildman–Crippen LogP) is 3.36. The largest absolute Gasteiger partial charge is 0.339 e. The predicted molar refractivity (Wildman–Crippen MR) is 82.2 cm³/mol. The fraction of sp³-hybridized carbons (Fsp3) is 0.286. The maximum atomic E-state index is 11.8. The Balaban J connectivity index is 2.52. The van der Waals surface area contributed by atoms with E-state index < -0.39 is 0 Å². The van der Waals surface area contributed by atoms with E-state index in [1.165, 1.54) is 6.92 Å². The lowest BCUT2D eigenvalue weighted by molar-refractivity contribution is -0.128. The molecule has 0 atom stereocenters. The lowest BCUT2D eigenvalue weighted by Gasteiger charge is -2.18. The molecule has 1 N–H and O–H groups in total. The van der Waals surface area contributed by atoms with Crippen LogP contribution in [0.3, 0.4) is 0 Å². The molecule has 0 aliphatic heterocycles. The molecule has 1 aromatic carbocycles. The molecule has 0 saturated carbocycles. The van der Waals surface area contributed by atoms with Crippen LogP contribution >= 0.6 is 23.2 Å². The van der Waals surface area contributed by atoms with E-state index in [2.05, 4.69) is 11.9 Å². The SMILES string of the molecule is C=CCN(CCC(=O)Nc1ccc(Cl)c(Cl)c1)C(C)=O. The van der Waals surface area contributed by atoms with E-state index in [-0.39, 0.29) is 18.2 Å². The van der Waals surface area contributed by atoms with Crippen LogP contribution in [0.1, 0.15) is 13.3 Å². The van der Waals surface area contributed by atoms with Gasteiger partial charge in [-0.25, -0.2) is 0 Å². The van der Waals surface area contributed by atoms with Gasteiger partial charge in [0, 0.05) is 32.1 Å². The number of hydrogen-bond donors (Lipinski definition) is 1. The molecule has 0 heterocycles. The monoisotopic (exact) mass is 314 g/mol. The minimum Gasteiger partial charge on any atom is -0.339 e. The van der Waals surface area contributed by atoms with Crippen molar-refractivity contribution in [1.29, 1.82) is 0 Å². The highest BCUT2D eigenvalue weighted by Crippen LogP contribution is 2.24. The van der Waals surface area contributed by atoms with E-state index in [0.29, 0.717) is 28.8 Å². The maximum absolute atomic E-state index is 11.8. The van der Waals surface area contributed by atoms with E-state index >= 15 is 0 Å². The van der Waals surface area contributed by atoms with Gasteiger partial charge in [0.2, 0.25) is 11.8 Å². The molecule has 4 nitrogen and oxygen atoms in total. The van der Waals surface area contributed by atoms with Gasteiger partial charge < -0.3 is 10.2 Å². The number of carbonyl (C=O) groups excluding carboxylic acids is 2. The molecule has 0 aliphatic rings. The van der Waals surface area contributed by atoms with E-state index in [1.807, 2.05) is 0 Å². The normalized spacial score (nSPS) is 9.95. The standard InChI is InChI=1S/C14H16Cl2N2O2/c1-3-7-18(10(2)19)8-6-14(20)17-11-4-5-12(15)13(16)9-11/h3-5,9H,1,6-8H2,2H3,(H,17,20). The van der Waals surface area contributed by atoms with Gasteiger partial charge >= 0.3 is 0 Å². The second-order valence-corrected chi connectivity index (χ2v) is 5.00. The number of benzene rings is 1. The van der Waals surface area contributed by atoms with Gasteiger partial charge in [0.15, 0.2) is 0 Å². The highest BCUT2D eigenvalue weighted by atomic mass is 35.5. The van der Waals surface area contributed by atoms with Crippen molar-refractivity contribution in [2.24, 2.45) is 0 Å². The number of rotatable bonds is 6. The lowest BCUT2D eigenvalue weighted by Crippen LogP contribution is -2.32. The van der Waals surface area contributed by atoms with Crippen molar-refractivity contribution in [2.45, 2.75) is 13.3 Å². The van der Waals surface area contributed by atoms with Crippen molar-refractivity contribution >= 4 is 40.7 Å². The van der Waals surface area contributed by atoms with Gasteiger partial charge in [0.05, 0.1) is 10.0 Å². The van der Waals surface area contributed by atoms with Crippen molar-refractivity contribution < 1.29 is 9.59 Å². The van der Waals surface area contributed by atoms with Gasteiger partial charge in [-0.15, -0.1) is 6.58 Å². The third kappa shape index (κ3) is 5.23. The molecular weight excluding hydrogens is 299 g/mol. The Labute approximate surface area is 128 Å². The molecule has 0 aliphatic carbocycles. The summed E-state index contributed by atoms with van der Waals surface area (Å²) in [5.41, 5.74) is 0.572. The summed E-state index contributed by atoms with van der Waals surface area (Å²) in [4.78, 5) is 24.6. The quantitative estimate of drug-likeness (QED) is 0.818. The van der Waals surface area contributed by atoms with Gasteiger partial charge in [-0.05, 0) is 18.2 Å². The van der Waals surface area contributed by atoms with Crippen LogP contribution in [-0.4, -0.2) is 29.8 Å². The van der Waals surface area contributed by atoms with Crippen molar-refractivity contribution in [3.05, 3.63) is 40.9 Å². The van der Waals surface area contributed by atoms with Crippen LogP contribution in [0.2, 0.25) is 10.0 Å². The molecule has 0 saturated heterocycles. The first-order chi connectivity index (χ1) is 9.43. The number of carbonyl (C=O) groups is 2. The van der Waals surface area contributed by atoms with Crippen LogP contribution in [-0.2, 0) is 9.59 Å². The Morgan fingerprint density at radius 3 is 2.60 bits per heavy atom. The van der Waals surface area contributed by atoms with Gasteiger partial charge in [0.1, 0.15) is 0 Å². The summed E-state index contributed by atoms with van der Waals surface area (Å²) in [6.07, 6.45) is 1.83. The van der Waals surface area contributed by atoms with E-state index in [0.717, 1.165) is 0 Å². The third-order valence-corrected chi connectivity index (χ3v) is 3.35. The smallest absolute Gasteiger partial charge is 0.226 e. The van der Waals surface area contributed by atoms with Crippen LogP contribution in [0, 0.1) is 0 Å². The van der Waals surface area contributed by atoms with Crippen LogP contribution < -0.4 is 5.32 Å². The highest BCUT2D eigenvalue weighted by molar-refractivity contribution is 6.42.